The molecule has 2 aromatic rings. The van der Waals surface area contributed by atoms with Gasteiger partial charge in [0.1, 0.15) is 0 Å². The Bertz CT molecular complexity index is 568. The van der Waals surface area contributed by atoms with Crippen LogP contribution in [0.15, 0.2) is 47.8 Å². The lowest BCUT2D eigenvalue weighted by Gasteiger charge is -2.26. The van der Waals surface area contributed by atoms with Gasteiger partial charge in [-0.05, 0) is 49.5 Å². The van der Waals surface area contributed by atoms with E-state index in [2.05, 4.69) is 27.7 Å². The van der Waals surface area contributed by atoms with Crippen LogP contribution in [0.2, 0.25) is 0 Å². The van der Waals surface area contributed by atoms with Crippen LogP contribution in [0.3, 0.4) is 0 Å². The van der Waals surface area contributed by atoms with Gasteiger partial charge in [-0.25, -0.2) is 0 Å². The highest BCUT2D eigenvalue weighted by Gasteiger charge is 2.24. The number of benzene rings is 1. The maximum absolute atomic E-state index is 12.2. The molecule has 1 atom stereocenters. The Morgan fingerprint density at radius 2 is 1.86 bits per heavy atom. The molecule has 0 bridgehead atoms. The van der Waals surface area contributed by atoms with Crippen LogP contribution in [0.4, 0.5) is 0 Å². The molecule has 3 nitrogen and oxygen atoms in total. The van der Waals surface area contributed by atoms with Gasteiger partial charge in [0.05, 0.1) is 6.04 Å². The van der Waals surface area contributed by atoms with Crippen LogP contribution < -0.4 is 5.32 Å². The standard InChI is InChI=1S/C17H20N2OS.ClH/c20-17(14-7-2-1-3-8-14)18-13-15(16-9-6-12-21-16)19-10-4-5-11-19;/h1-3,6-9,12,15H,4-5,10-11,13H2,(H,18,20);1H. The fourth-order valence-corrected chi connectivity index (χ4v) is 3.69. The van der Waals surface area contributed by atoms with Crippen molar-refractivity contribution in [2.24, 2.45) is 0 Å². The molecular weight excluding hydrogens is 316 g/mol. The maximum Gasteiger partial charge on any atom is 0.251 e. The Morgan fingerprint density at radius 3 is 2.50 bits per heavy atom. The van der Waals surface area contributed by atoms with Gasteiger partial charge in [-0.1, -0.05) is 24.3 Å². The lowest BCUT2D eigenvalue weighted by molar-refractivity contribution is 0.0938. The smallest absolute Gasteiger partial charge is 0.251 e. The molecule has 0 aliphatic carbocycles. The average molecular weight is 337 g/mol. The number of rotatable bonds is 5. The molecule has 1 saturated heterocycles. The Morgan fingerprint density at radius 1 is 1.14 bits per heavy atom. The first-order valence-corrected chi connectivity index (χ1v) is 8.33. The Kier molecular flexibility index (Phi) is 6.43. The van der Waals surface area contributed by atoms with Crippen molar-refractivity contribution in [2.45, 2.75) is 18.9 Å². The Balaban J connectivity index is 0.00000176. The third-order valence-corrected chi connectivity index (χ3v) is 4.92. The summed E-state index contributed by atoms with van der Waals surface area (Å²) in [7, 11) is 0. The summed E-state index contributed by atoms with van der Waals surface area (Å²) in [4.78, 5) is 16.0. The number of nitrogens with zero attached hydrogens (tertiary/aromatic N) is 1. The zero-order chi connectivity index (χ0) is 14.5. The van der Waals surface area contributed by atoms with Crippen LogP contribution in [-0.2, 0) is 0 Å². The molecule has 0 spiro atoms. The highest BCUT2D eigenvalue weighted by atomic mass is 35.5. The molecule has 22 heavy (non-hydrogen) atoms. The zero-order valence-electron chi connectivity index (χ0n) is 12.4. The van der Waals surface area contributed by atoms with Crippen LogP contribution in [0.1, 0.15) is 34.1 Å². The second-order valence-corrected chi connectivity index (χ2v) is 6.33. The number of carbonyl (C=O) groups is 1. The van der Waals surface area contributed by atoms with Crippen LogP contribution in [-0.4, -0.2) is 30.4 Å². The summed E-state index contributed by atoms with van der Waals surface area (Å²) in [5.41, 5.74) is 0.726. The molecule has 1 N–H and O–H groups in total. The molecule has 1 aliphatic heterocycles. The second kappa shape index (κ2) is 8.32. The Labute approximate surface area is 141 Å². The van der Waals surface area contributed by atoms with Crippen molar-refractivity contribution >= 4 is 29.7 Å². The third-order valence-electron chi connectivity index (χ3n) is 3.94. The predicted molar refractivity (Wildman–Crippen MR) is 93.9 cm³/mol. The van der Waals surface area contributed by atoms with E-state index < -0.39 is 0 Å². The summed E-state index contributed by atoms with van der Waals surface area (Å²) in [6, 6.07) is 14.0. The molecule has 1 amide bonds. The number of hydrogen-bond acceptors (Lipinski definition) is 3. The molecule has 2 heterocycles. The van der Waals surface area contributed by atoms with Crippen molar-refractivity contribution in [1.82, 2.24) is 10.2 Å². The van der Waals surface area contributed by atoms with Gasteiger partial charge in [0.25, 0.3) is 5.91 Å². The van der Waals surface area contributed by atoms with Crippen molar-refractivity contribution in [2.75, 3.05) is 19.6 Å². The first kappa shape index (κ1) is 17.0. The summed E-state index contributed by atoms with van der Waals surface area (Å²) in [6.07, 6.45) is 2.52. The monoisotopic (exact) mass is 336 g/mol. The minimum absolute atomic E-state index is 0. The van der Waals surface area contributed by atoms with E-state index in [1.807, 2.05) is 30.3 Å². The quantitative estimate of drug-likeness (QED) is 0.902. The number of amides is 1. The van der Waals surface area contributed by atoms with Gasteiger partial charge in [0.15, 0.2) is 0 Å². The summed E-state index contributed by atoms with van der Waals surface area (Å²) in [5, 5.41) is 5.20. The van der Waals surface area contributed by atoms with E-state index >= 15 is 0 Å². The molecule has 1 unspecified atom stereocenters. The normalized spacial score (nSPS) is 16.0. The summed E-state index contributed by atoms with van der Waals surface area (Å²) in [6.45, 7) is 2.93. The third kappa shape index (κ3) is 4.09. The summed E-state index contributed by atoms with van der Waals surface area (Å²) < 4.78 is 0. The number of nitrogens with one attached hydrogen (secondary N) is 1. The van der Waals surface area contributed by atoms with Crippen molar-refractivity contribution in [3.05, 3.63) is 58.3 Å². The Hall–Kier alpha value is -1.36. The fraction of sp³-hybridized carbons (Fsp3) is 0.353. The van der Waals surface area contributed by atoms with Crippen molar-refractivity contribution in [1.29, 1.82) is 0 Å². The minimum atomic E-state index is 0. The van der Waals surface area contributed by atoms with Gasteiger partial charge in [0, 0.05) is 17.0 Å². The van der Waals surface area contributed by atoms with Crippen LogP contribution in [0.5, 0.6) is 0 Å². The minimum Gasteiger partial charge on any atom is -0.350 e. The predicted octanol–water partition coefficient (Wildman–Crippen LogP) is 3.74. The first-order chi connectivity index (χ1) is 10.3. The number of carbonyl (C=O) groups excluding carboxylic acids is 1. The summed E-state index contributed by atoms with van der Waals surface area (Å²) in [5.74, 6) is 0.0105. The molecule has 0 saturated carbocycles. The lowest BCUT2D eigenvalue weighted by atomic mass is 10.2. The largest absolute Gasteiger partial charge is 0.350 e. The number of thiophene rings is 1. The van der Waals surface area contributed by atoms with E-state index in [-0.39, 0.29) is 18.3 Å². The molecule has 1 aromatic heterocycles. The van der Waals surface area contributed by atoms with Crippen molar-refractivity contribution in [3.63, 3.8) is 0 Å². The lowest BCUT2D eigenvalue weighted by Crippen LogP contribution is -2.36. The van der Waals surface area contributed by atoms with Crippen LogP contribution in [0, 0.1) is 0 Å². The van der Waals surface area contributed by atoms with E-state index in [9.17, 15) is 4.79 Å². The number of halogens is 1. The molecular formula is C17H21ClN2OS. The molecule has 1 aliphatic rings. The molecule has 3 rings (SSSR count). The average Bonchev–Trinajstić information content (AvgIpc) is 3.22. The maximum atomic E-state index is 12.2. The van der Waals surface area contributed by atoms with Gasteiger partial charge < -0.3 is 5.32 Å². The van der Waals surface area contributed by atoms with Gasteiger partial charge >= 0.3 is 0 Å². The van der Waals surface area contributed by atoms with E-state index in [1.165, 1.54) is 17.7 Å². The van der Waals surface area contributed by atoms with Crippen LogP contribution in [0.25, 0.3) is 0 Å². The van der Waals surface area contributed by atoms with Gasteiger partial charge in [-0.15, -0.1) is 23.7 Å². The fourth-order valence-electron chi connectivity index (χ4n) is 2.82. The second-order valence-electron chi connectivity index (χ2n) is 5.35. The van der Waals surface area contributed by atoms with E-state index in [0.29, 0.717) is 12.6 Å². The van der Waals surface area contributed by atoms with Crippen molar-refractivity contribution < 1.29 is 4.79 Å². The highest BCUT2D eigenvalue weighted by molar-refractivity contribution is 7.10. The van der Waals surface area contributed by atoms with E-state index in [0.717, 1.165) is 18.7 Å². The SMILES string of the molecule is Cl.O=C(NCC(c1cccs1)N1CCCC1)c1ccccc1. The topological polar surface area (TPSA) is 32.3 Å². The van der Waals surface area contributed by atoms with Crippen LogP contribution >= 0.6 is 23.7 Å². The molecule has 1 fully saturated rings. The van der Waals surface area contributed by atoms with E-state index in [4.69, 9.17) is 0 Å². The number of hydrogen-bond donors (Lipinski definition) is 1. The molecule has 0 radical (unpaired) electrons. The summed E-state index contributed by atoms with van der Waals surface area (Å²) >= 11 is 1.77. The zero-order valence-corrected chi connectivity index (χ0v) is 14.0. The van der Waals surface area contributed by atoms with Gasteiger partial charge in [0.2, 0.25) is 0 Å². The molecule has 1 aromatic carbocycles. The van der Waals surface area contributed by atoms with Gasteiger partial charge in [-0.3, -0.25) is 9.69 Å². The number of likely N-dealkylation sites (tertiary alicyclic amines) is 1. The molecule has 118 valence electrons. The first-order valence-electron chi connectivity index (χ1n) is 7.45. The van der Waals surface area contributed by atoms with Crippen molar-refractivity contribution in [3.8, 4) is 0 Å². The highest BCUT2D eigenvalue weighted by Crippen LogP contribution is 2.27. The van der Waals surface area contributed by atoms with E-state index in [1.54, 1.807) is 11.3 Å². The molecule has 5 heteroatoms. The van der Waals surface area contributed by atoms with Gasteiger partial charge in [-0.2, -0.15) is 0 Å².